The van der Waals surface area contributed by atoms with Crippen molar-refractivity contribution in [2.75, 3.05) is 165 Å². The maximum absolute atomic E-state index is 14.9. The van der Waals surface area contributed by atoms with Gasteiger partial charge in [0, 0.05) is 90.8 Å². The highest BCUT2D eigenvalue weighted by Crippen LogP contribution is 2.40. The third-order valence-electron chi connectivity index (χ3n) is 25.0. The number of nitrogen functional groups attached to an aromatic ring is 2. The molecule has 3 fully saturated rings. The van der Waals surface area contributed by atoms with Crippen LogP contribution in [0.3, 0.4) is 0 Å². The number of alkyl carbamates (subject to hydrolysis) is 1. The van der Waals surface area contributed by atoms with Crippen LogP contribution in [0.5, 0.6) is 0 Å². The number of aromatic nitrogens is 5. The number of nitrogens with one attached hydrogen (secondary N) is 1. The van der Waals surface area contributed by atoms with Crippen LogP contribution in [0, 0.1) is 35.5 Å². The van der Waals surface area contributed by atoms with E-state index in [1.807, 2.05) is 92.8 Å². The van der Waals surface area contributed by atoms with Crippen LogP contribution in [-0.2, 0) is 115 Å². The number of fused-ring (bicyclic) bond motifs is 6. The van der Waals surface area contributed by atoms with Gasteiger partial charge in [0.2, 0.25) is 11.7 Å². The molecule has 0 radical (unpaired) electrons. The maximum atomic E-state index is 14.9. The van der Waals surface area contributed by atoms with Crippen molar-refractivity contribution in [3.8, 4) is 11.3 Å². The predicted molar refractivity (Wildman–Crippen MR) is 476 cm³/mol. The summed E-state index contributed by atoms with van der Waals surface area (Å²) in [6.45, 7) is 20.9. The van der Waals surface area contributed by atoms with E-state index in [2.05, 4.69) is 38.5 Å². The first-order valence-corrected chi connectivity index (χ1v) is 45.4. The maximum Gasteiger partial charge on any atom is 0.407 e. The lowest BCUT2D eigenvalue weighted by atomic mass is 9.78. The molecule has 4 aliphatic heterocycles. The number of benzene rings is 2. The zero-order valence-electron chi connectivity index (χ0n) is 76.6. The molecule has 2 aromatic carbocycles. The number of hydrogen-bond donors (Lipinski definition) is 5. The average molecular weight is 1790 g/mol. The first-order valence-electron chi connectivity index (χ1n) is 45.4. The second-order valence-electron chi connectivity index (χ2n) is 34.3. The van der Waals surface area contributed by atoms with Crippen LogP contribution in [0.2, 0.25) is 0 Å². The Morgan fingerprint density at radius 2 is 1.36 bits per heavy atom. The minimum absolute atomic E-state index is 0.00837. The molecular formula is C94H138N10O24. The van der Waals surface area contributed by atoms with Gasteiger partial charge in [0.1, 0.15) is 53.8 Å². The Balaban J connectivity index is 0.557. The zero-order chi connectivity index (χ0) is 91.7. The van der Waals surface area contributed by atoms with Gasteiger partial charge < -0.3 is 112 Å². The Bertz CT molecular complexity index is 4480. The molecule has 2 bridgehead atoms. The number of cyclic esters (lactones) is 1. The molecule has 16 atom stereocenters. The molecule has 1 saturated carbocycles. The molecule has 5 aromatic rings. The molecule has 3 amide bonds. The first-order chi connectivity index (χ1) is 61.8. The smallest absolute Gasteiger partial charge is 0.407 e. The van der Waals surface area contributed by atoms with E-state index in [-0.39, 0.29) is 80.3 Å². The van der Waals surface area contributed by atoms with Crippen LogP contribution in [0.1, 0.15) is 149 Å². The quantitative estimate of drug-likeness (QED) is 0.0106. The van der Waals surface area contributed by atoms with Gasteiger partial charge in [0.15, 0.2) is 17.0 Å². The number of aliphatic hydroxyl groups excluding tert-OH is 1. The second kappa shape index (κ2) is 51.9. The highest BCUT2D eigenvalue weighted by molar-refractivity contribution is 6.39. The fourth-order valence-corrected chi connectivity index (χ4v) is 17.6. The molecule has 5 aliphatic rings. The van der Waals surface area contributed by atoms with Crippen molar-refractivity contribution in [3.63, 3.8) is 0 Å². The first kappa shape index (κ1) is 102. The molecule has 7 N–H and O–H groups in total. The fourth-order valence-electron chi connectivity index (χ4n) is 17.6. The SMILES string of the molecule is CO[C@H]1C[C@@H]2CC[C@@H](C)[C@@](O)(O2)C(=O)C(=O)N2CCCC[C@H]2C(=O)O[C@H]([C@H](C)C[C@@H]2CC[C@@H](OC(=O)NCCOCCOCCOCCOCCOCCOCCOCCOCCC(=O)N3CCc4cc(Cn5nc(-c6ccc7oc(N)nc7c6)c6c(N)ncnc65)ccc4C3)[C@H](OC)C2)C[C@@H](OC)[C@H](C)/C=C(\C)[C@@H](O)[C@@H](OC)C(=O)[C@H](C)C[C@H](C)/C=C/C=CC=C1C. The summed E-state index contributed by atoms with van der Waals surface area (Å²) in [5.41, 5.74) is 20.1. The van der Waals surface area contributed by atoms with Crippen molar-refractivity contribution in [1.29, 1.82) is 0 Å². The van der Waals surface area contributed by atoms with Crippen molar-refractivity contribution in [3.05, 3.63) is 107 Å². The van der Waals surface area contributed by atoms with Crippen LogP contribution in [0.15, 0.2) is 94.7 Å². The molecule has 34 nitrogen and oxygen atoms in total. The molecule has 1 aliphatic carbocycles. The number of methoxy groups -OCH3 is 4. The van der Waals surface area contributed by atoms with Crippen molar-refractivity contribution >= 4 is 69.4 Å². The normalized spacial score (nSPS) is 26.8. The summed E-state index contributed by atoms with van der Waals surface area (Å²) >= 11 is 0. The van der Waals surface area contributed by atoms with Crippen LogP contribution in [0.25, 0.3) is 33.4 Å². The number of aliphatic hydroxyl groups is 2. The third kappa shape index (κ3) is 29.5. The highest BCUT2D eigenvalue weighted by atomic mass is 16.6. The van der Waals surface area contributed by atoms with Gasteiger partial charge in [-0.3, -0.25) is 19.2 Å². The Labute approximate surface area is 751 Å². The molecule has 0 spiro atoms. The predicted octanol–water partition coefficient (Wildman–Crippen LogP) is 9.63. The largest absolute Gasteiger partial charge is 0.460 e. The van der Waals surface area contributed by atoms with Crippen molar-refractivity contribution < 1.29 is 114 Å². The Morgan fingerprint density at radius 1 is 0.688 bits per heavy atom. The summed E-state index contributed by atoms with van der Waals surface area (Å²) in [6.07, 6.45) is 13.0. The van der Waals surface area contributed by atoms with E-state index in [0.717, 1.165) is 28.7 Å². The molecule has 2 saturated heterocycles. The summed E-state index contributed by atoms with van der Waals surface area (Å²) in [5, 5.41) is 32.3. The van der Waals surface area contributed by atoms with E-state index in [0.29, 0.717) is 222 Å². The molecule has 3 aromatic heterocycles. The fraction of sp³-hybridized carbons (Fsp3) is 0.660. The van der Waals surface area contributed by atoms with Crippen molar-refractivity contribution in [1.82, 2.24) is 39.8 Å². The number of oxazole rings is 1. The van der Waals surface area contributed by atoms with Crippen molar-refractivity contribution in [2.45, 2.75) is 212 Å². The number of amides is 3. The lowest BCUT2D eigenvalue weighted by molar-refractivity contribution is -0.265. The molecule has 128 heavy (non-hydrogen) atoms. The van der Waals surface area contributed by atoms with Gasteiger partial charge in [-0.25, -0.2) is 24.2 Å². The Hall–Kier alpha value is -8.56. The number of nitrogens with two attached hydrogens (primary N) is 2. The minimum atomic E-state index is -2.46. The number of nitrogens with zero attached hydrogens (tertiary/aromatic N) is 7. The molecule has 34 heteroatoms. The van der Waals surface area contributed by atoms with Gasteiger partial charge in [-0.2, -0.15) is 10.1 Å². The van der Waals surface area contributed by atoms with E-state index in [4.69, 9.17) is 92.0 Å². The molecule has 10 rings (SSSR count). The van der Waals surface area contributed by atoms with Crippen LogP contribution in [-0.4, -0.2) is 295 Å². The lowest BCUT2D eigenvalue weighted by Crippen LogP contribution is -2.61. The number of anilines is 2. The summed E-state index contributed by atoms with van der Waals surface area (Å²) < 4.78 is 95.0. The second-order valence-corrected chi connectivity index (χ2v) is 34.3. The number of carbonyl (C=O) groups is 6. The van der Waals surface area contributed by atoms with Gasteiger partial charge in [-0.05, 0) is 148 Å². The number of esters is 1. The number of piperidine rings is 1. The zero-order valence-corrected chi connectivity index (χ0v) is 76.6. The number of carbonyl (C=O) groups excluding carboxylic acids is 6. The summed E-state index contributed by atoms with van der Waals surface area (Å²) in [4.78, 5) is 101. The molecule has 0 unspecified atom stereocenters. The average Bonchev–Trinajstić information content (AvgIpc) is 1.56. The lowest BCUT2D eigenvalue weighted by Gasteiger charge is -2.43. The van der Waals surface area contributed by atoms with Gasteiger partial charge in [0.25, 0.3) is 17.7 Å². The topological polar surface area (TPSA) is 422 Å². The molecule has 708 valence electrons. The summed E-state index contributed by atoms with van der Waals surface area (Å²) in [6, 6.07) is 10.8. The van der Waals surface area contributed by atoms with Crippen LogP contribution >= 0.6 is 0 Å². The van der Waals surface area contributed by atoms with E-state index in [1.165, 1.54) is 23.9 Å². The number of Topliss-reactive ketones (excluding diaryl/α,β-unsaturated/α-hetero) is 2. The third-order valence-corrected chi connectivity index (χ3v) is 25.0. The Kier molecular flexibility index (Phi) is 41.2. The number of ketones is 2. The number of rotatable bonds is 38. The number of hydrogen-bond acceptors (Lipinski definition) is 30. The van der Waals surface area contributed by atoms with Gasteiger partial charge in [-0.1, -0.05) is 89.3 Å². The number of allylic oxidation sites excluding steroid dienone is 5. The van der Waals surface area contributed by atoms with Gasteiger partial charge >= 0.3 is 12.1 Å². The van der Waals surface area contributed by atoms with Crippen LogP contribution in [0.4, 0.5) is 16.6 Å². The number of ether oxygens (including phenoxy) is 15. The van der Waals surface area contributed by atoms with Crippen LogP contribution < -0.4 is 16.8 Å². The van der Waals surface area contributed by atoms with E-state index < -0.39 is 96.2 Å². The van der Waals surface area contributed by atoms with Gasteiger partial charge in [-0.15, -0.1) is 0 Å². The van der Waals surface area contributed by atoms with E-state index in [1.54, 1.807) is 41.2 Å². The monoisotopic (exact) mass is 1790 g/mol. The van der Waals surface area contributed by atoms with Crippen molar-refractivity contribution in [2.24, 2.45) is 35.5 Å². The minimum Gasteiger partial charge on any atom is -0.460 e. The Morgan fingerprint density at radius 3 is 2.02 bits per heavy atom. The van der Waals surface area contributed by atoms with E-state index >= 15 is 0 Å². The molecular weight excluding hydrogens is 1650 g/mol. The molecule has 7 heterocycles. The highest BCUT2D eigenvalue weighted by Gasteiger charge is 2.53. The summed E-state index contributed by atoms with van der Waals surface area (Å²) in [7, 11) is 6.15. The van der Waals surface area contributed by atoms with E-state index in [9.17, 15) is 39.0 Å². The van der Waals surface area contributed by atoms with Gasteiger partial charge in [0.05, 0.1) is 148 Å². The standard InChI is InChI=1S/C94H138N10O24/c1-60-17-13-12-14-18-61(2)77(113-8)55-72-25-20-66(7)94(112,128-72)87(108)90(109)103-31-16-15-19-74(103)91(110)125-79(56-78(114-9)62(3)50-65(6)85(107)86(116-11)84(106)64(5)49-60)63(4)51-67-22-26-76(80(53-67)115-10)127-93(111)97-30-34-118-36-38-120-40-42-122-44-46-124-48-47-123-45-43-121-41-39-119-37-35-117-33-29-81(105)102-32-28-69-52-68(21-23-71(69)58-102)57-104-89-82(88(95)98-59-99-89)83(101-104)70-24-27-75-73(54-70)100-92(96)126-75/h12-14,17-18,21,23-24,27,50,52,54,59-60,62-64,66-67,72,74,76-80,85-86,107,112H,15-16,19-20,22,25-26,28-49,51,53,55-58H2,1-11H3,(H2,96,100)(H,97,111)(H2,95,98,99)/b14-12?,17-13+,61-18?,65-50+/t60-,62-,63-,64-,66-,67+,72+,74+,76-,77+,78-,79+,80-,85-,86+,94-/m1/s1. The summed E-state index contributed by atoms with van der Waals surface area (Å²) in [5.74, 6) is -6.98.